The molecule has 0 atom stereocenters. The Balaban J connectivity index is 2.06. The lowest BCUT2D eigenvalue weighted by Crippen LogP contribution is -2.23. The van der Waals surface area contributed by atoms with Crippen LogP contribution < -0.4 is 5.32 Å². The topological polar surface area (TPSA) is 51.0 Å². The van der Waals surface area contributed by atoms with Crippen molar-refractivity contribution in [3.8, 4) is 11.5 Å². The molecule has 0 bridgehead atoms. The number of halogens is 3. The molecule has 0 amide bonds. The summed E-state index contributed by atoms with van der Waals surface area (Å²) in [6, 6.07) is 1.54. The highest BCUT2D eigenvalue weighted by molar-refractivity contribution is 5.54. The first-order valence-electron chi connectivity index (χ1n) is 6.68. The van der Waals surface area contributed by atoms with Crippen LogP contribution in [0.5, 0.6) is 0 Å². The molecule has 0 unspecified atom stereocenters. The molecule has 0 radical (unpaired) electrons. The van der Waals surface area contributed by atoms with Crippen LogP contribution in [-0.4, -0.2) is 22.8 Å². The Hall–Kier alpha value is -1.89. The predicted octanol–water partition coefficient (Wildman–Crippen LogP) is 3.08. The van der Waals surface area contributed by atoms with E-state index in [4.69, 9.17) is 4.42 Å². The zero-order chi connectivity index (χ0) is 15.4. The standard InChI is InChI=1S/C14H16F3N3O/c1-8(2)18-5-3-4-12-19-20-14(21-12)13-10(16)6-9(15)7-11(13)17/h6-8,18H,3-5H2,1-2H3. The predicted molar refractivity (Wildman–Crippen MR) is 71.1 cm³/mol. The molecule has 114 valence electrons. The monoisotopic (exact) mass is 299 g/mol. The highest BCUT2D eigenvalue weighted by Crippen LogP contribution is 2.26. The maximum atomic E-state index is 13.6. The van der Waals surface area contributed by atoms with Gasteiger partial charge in [-0.3, -0.25) is 0 Å². The maximum Gasteiger partial charge on any atom is 0.253 e. The normalized spacial score (nSPS) is 11.3. The summed E-state index contributed by atoms with van der Waals surface area (Å²) in [6.45, 7) is 4.84. The molecule has 21 heavy (non-hydrogen) atoms. The van der Waals surface area contributed by atoms with E-state index in [1.54, 1.807) is 0 Å². The Kier molecular flexibility index (Phi) is 4.95. The van der Waals surface area contributed by atoms with Gasteiger partial charge in [0, 0.05) is 24.6 Å². The van der Waals surface area contributed by atoms with Gasteiger partial charge in [0.05, 0.1) is 0 Å². The number of rotatable bonds is 6. The quantitative estimate of drug-likeness (QED) is 0.833. The summed E-state index contributed by atoms with van der Waals surface area (Å²) in [7, 11) is 0. The number of nitrogens with one attached hydrogen (secondary N) is 1. The maximum absolute atomic E-state index is 13.6. The fourth-order valence-electron chi connectivity index (χ4n) is 1.83. The lowest BCUT2D eigenvalue weighted by molar-refractivity contribution is 0.475. The molecule has 0 saturated carbocycles. The first kappa shape index (κ1) is 15.5. The molecular formula is C14H16F3N3O. The number of hydrogen-bond donors (Lipinski definition) is 1. The van der Waals surface area contributed by atoms with Crippen molar-refractivity contribution in [3.63, 3.8) is 0 Å². The summed E-state index contributed by atoms with van der Waals surface area (Å²) < 4.78 is 45.2. The van der Waals surface area contributed by atoms with Crippen LogP contribution in [0.3, 0.4) is 0 Å². The fraction of sp³-hybridized carbons (Fsp3) is 0.429. The van der Waals surface area contributed by atoms with Crippen LogP contribution in [0, 0.1) is 17.5 Å². The van der Waals surface area contributed by atoms with Gasteiger partial charge in [0.15, 0.2) is 0 Å². The summed E-state index contributed by atoms with van der Waals surface area (Å²) in [6.07, 6.45) is 1.26. The van der Waals surface area contributed by atoms with Gasteiger partial charge >= 0.3 is 0 Å². The van der Waals surface area contributed by atoms with Crippen molar-refractivity contribution in [3.05, 3.63) is 35.5 Å². The van der Waals surface area contributed by atoms with Crippen molar-refractivity contribution in [1.29, 1.82) is 0 Å². The lowest BCUT2D eigenvalue weighted by Gasteiger charge is -2.05. The summed E-state index contributed by atoms with van der Waals surface area (Å²) in [4.78, 5) is 0. The van der Waals surface area contributed by atoms with Crippen molar-refractivity contribution in [2.75, 3.05) is 6.54 Å². The van der Waals surface area contributed by atoms with Gasteiger partial charge < -0.3 is 9.73 Å². The number of hydrogen-bond acceptors (Lipinski definition) is 4. The summed E-state index contributed by atoms with van der Waals surface area (Å²) in [5.41, 5.74) is -0.504. The lowest BCUT2D eigenvalue weighted by atomic mass is 10.2. The number of aromatic nitrogens is 2. The van der Waals surface area contributed by atoms with E-state index in [1.165, 1.54) is 0 Å². The van der Waals surface area contributed by atoms with E-state index in [9.17, 15) is 13.2 Å². The van der Waals surface area contributed by atoms with Crippen LogP contribution in [0.4, 0.5) is 13.2 Å². The third-order valence-corrected chi connectivity index (χ3v) is 2.81. The second-order valence-corrected chi connectivity index (χ2v) is 4.96. The van der Waals surface area contributed by atoms with Crippen LogP contribution >= 0.6 is 0 Å². The smallest absolute Gasteiger partial charge is 0.253 e. The van der Waals surface area contributed by atoms with Crippen LogP contribution in [0.15, 0.2) is 16.5 Å². The average molecular weight is 299 g/mol. The summed E-state index contributed by atoms with van der Waals surface area (Å²) >= 11 is 0. The molecule has 1 N–H and O–H groups in total. The number of aryl methyl sites for hydroxylation is 1. The van der Waals surface area contributed by atoms with Gasteiger partial charge in [0.2, 0.25) is 5.89 Å². The SMILES string of the molecule is CC(C)NCCCc1nnc(-c2c(F)cc(F)cc2F)o1. The third-order valence-electron chi connectivity index (χ3n) is 2.81. The van der Waals surface area contributed by atoms with Gasteiger partial charge in [-0.2, -0.15) is 0 Å². The third kappa shape index (κ3) is 4.04. The average Bonchev–Trinajstić information content (AvgIpc) is 2.81. The minimum Gasteiger partial charge on any atom is -0.420 e. The molecule has 0 aliphatic heterocycles. The van der Waals surface area contributed by atoms with Crippen molar-refractivity contribution in [2.45, 2.75) is 32.7 Å². The van der Waals surface area contributed by atoms with Crippen LogP contribution in [0.2, 0.25) is 0 Å². The molecular weight excluding hydrogens is 283 g/mol. The van der Waals surface area contributed by atoms with E-state index in [1.807, 2.05) is 13.8 Å². The minimum absolute atomic E-state index is 0.281. The zero-order valence-corrected chi connectivity index (χ0v) is 11.8. The van der Waals surface area contributed by atoms with E-state index in [2.05, 4.69) is 15.5 Å². The van der Waals surface area contributed by atoms with Crippen molar-refractivity contribution >= 4 is 0 Å². The van der Waals surface area contributed by atoms with Crippen LogP contribution in [0.1, 0.15) is 26.2 Å². The van der Waals surface area contributed by atoms with E-state index < -0.39 is 23.0 Å². The molecule has 0 aliphatic carbocycles. The van der Waals surface area contributed by atoms with E-state index in [0.29, 0.717) is 30.5 Å². The molecule has 1 aromatic carbocycles. The van der Waals surface area contributed by atoms with Gasteiger partial charge in [-0.05, 0) is 13.0 Å². The van der Waals surface area contributed by atoms with E-state index in [-0.39, 0.29) is 5.89 Å². The first-order valence-corrected chi connectivity index (χ1v) is 6.68. The molecule has 2 aromatic rings. The minimum atomic E-state index is -1.07. The van der Waals surface area contributed by atoms with Gasteiger partial charge in [-0.1, -0.05) is 13.8 Å². The molecule has 4 nitrogen and oxygen atoms in total. The van der Waals surface area contributed by atoms with Crippen molar-refractivity contribution < 1.29 is 17.6 Å². The largest absolute Gasteiger partial charge is 0.420 e. The Bertz CT molecular complexity index is 590. The van der Waals surface area contributed by atoms with Gasteiger partial charge in [-0.25, -0.2) is 13.2 Å². The molecule has 0 spiro atoms. The molecule has 0 fully saturated rings. The first-order chi connectivity index (χ1) is 9.97. The Labute approximate surface area is 120 Å². The van der Waals surface area contributed by atoms with Crippen LogP contribution in [0.25, 0.3) is 11.5 Å². The molecule has 7 heteroatoms. The molecule has 0 saturated heterocycles. The fourth-order valence-corrected chi connectivity index (χ4v) is 1.83. The number of nitrogens with zero attached hydrogens (tertiary/aromatic N) is 2. The van der Waals surface area contributed by atoms with Gasteiger partial charge in [0.25, 0.3) is 5.89 Å². The Morgan fingerprint density at radius 1 is 1.14 bits per heavy atom. The van der Waals surface area contributed by atoms with Crippen molar-refractivity contribution in [1.82, 2.24) is 15.5 Å². The number of benzene rings is 1. The molecule has 1 aromatic heterocycles. The van der Waals surface area contributed by atoms with E-state index >= 15 is 0 Å². The van der Waals surface area contributed by atoms with Gasteiger partial charge in [-0.15, -0.1) is 10.2 Å². The Morgan fingerprint density at radius 2 is 1.81 bits per heavy atom. The second kappa shape index (κ2) is 6.71. The highest BCUT2D eigenvalue weighted by atomic mass is 19.1. The second-order valence-electron chi connectivity index (χ2n) is 4.96. The Morgan fingerprint density at radius 3 is 2.43 bits per heavy atom. The molecule has 1 heterocycles. The molecule has 0 aliphatic rings. The van der Waals surface area contributed by atoms with Crippen molar-refractivity contribution in [2.24, 2.45) is 0 Å². The summed E-state index contributed by atoms with van der Waals surface area (Å²) in [5.74, 6) is -3.11. The zero-order valence-electron chi connectivity index (χ0n) is 11.8. The van der Waals surface area contributed by atoms with Crippen LogP contribution in [-0.2, 0) is 6.42 Å². The van der Waals surface area contributed by atoms with Gasteiger partial charge in [0.1, 0.15) is 23.0 Å². The van der Waals surface area contributed by atoms with E-state index in [0.717, 1.165) is 13.0 Å². The summed E-state index contributed by atoms with van der Waals surface area (Å²) in [5, 5.41) is 10.6. The molecule has 2 rings (SSSR count). The highest BCUT2D eigenvalue weighted by Gasteiger charge is 2.19.